The highest BCUT2D eigenvalue weighted by Gasteiger charge is 2.15. The summed E-state index contributed by atoms with van der Waals surface area (Å²) >= 11 is 0. The first-order valence-corrected chi connectivity index (χ1v) is 4.06. The predicted molar refractivity (Wildman–Crippen MR) is 46.9 cm³/mol. The zero-order valence-corrected chi connectivity index (χ0v) is 7.31. The average molecular weight is 164 g/mol. The Kier molecular flexibility index (Phi) is 1.69. The standard InChI is InChI=1S/C8H12N4/c1-5-6-3-10-4-7(6)12-8(9-2)11-5/h10H,3-4H2,1-2H3,(H,9,11,12). The minimum Gasteiger partial charge on any atom is -0.357 e. The Morgan fingerprint density at radius 1 is 1.33 bits per heavy atom. The summed E-state index contributed by atoms with van der Waals surface area (Å²) in [6, 6.07) is 0. The Balaban J connectivity index is 2.51. The van der Waals surface area contributed by atoms with Gasteiger partial charge in [-0.25, -0.2) is 9.97 Å². The summed E-state index contributed by atoms with van der Waals surface area (Å²) in [6.45, 7) is 3.80. The first kappa shape index (κ1) is 7.49. The molecule has 1 aliphatic heterocycles. The van der Waals surface area contributed by atoms with E-state index < -0.39 is 0 Å². The van der Waals surface area contributed by atoms with E-state index in [9.17, 15) is 0 Å². The van der Waals surface area contributed by atoms with E-state index in [-0.39, 0.29) is 0 Å². The zero-order valence-electron chi connectivity index (χ0n) is 7.31. The smallest absolute Gasteiger partial charge is 0.222 e. The molecule has 4 nitrogen and oxygen atoms in total. The second kappa shape index (κ2) is 2.71. The number of nitrogens with one attached hydrogen (secondary N) is 2. The molecular formula is C8H12N4. The molecule has 4 heteroatoms. The third kappa shape index (κ3) is 1.04. The lowest BCUT2D eigenvalue weighted by atomic mass is 10.2. The van der Waals surface area contributed by atoms with Gasteiger partial charge >= 0.3 is 0 Å². The van der Waals surface area contributed by atoms with E-state index in [4.69, 9.17) is 0 Å². The van der Waals surface area contributed by atoms with E-state index in [1.807, 2.05) is 14.0 Å². The highest BCUT2D eigenvalue weighted by Crippen LogP contribution is 2.17. The molecule has 0 spiro atoms. The van der Waals surface area contributed by atoms with Crippen LogP contribution in [-0.2, 0) is 13.1 Å². The Morgan fingerprint density at radius 2 is 2.17 bits per heavy atom. The van der Waals surface area contributed by atoms with Crippen molar-refractivity contribution in [2.45, 2.75) is 20.0 Å². The molecule has 1 aromatic rings. The molecule has 2 N–H and O–H groups in total. The molecule has 1 aliphatic rings. The Morgan fingerprint density at radius 3 is 2.92 bits per heavy atom. The van der Waals surface area contributed by atoms with Gasteiger partial charge in [0.1, 0.15) is 0 Å². The minimum atomic E-state index is 0.718. The first-order valence-electron chi connectivity index (χ1n) is 4.06. The van der Waals surface area contributed by atoms with Gasteiger partial charge in [-0.15, -0.1) is 0 Å². The second-order valence-corrected chi connectivity index (χ2v) is 2.91. The van der Waals surface area contributed by atoms with E-state index in [2.05, 4.69) is 20.6 Å². The minimum absolute atomic E-state index is 0.718. The summed E-state index contributed by atoms with van der Waals surface area (Å²) in [6.07, 6.45) is 0. The molecule has 0 bridgehead atoms. The fourth-order valence-electron chi connectivity index (χ4n) is 1.45. The van der Waals surface area contributed by atoms with E-state index in [1.54, 1.807) is 0 Å². The third-order valence-electron chi connectivity index (χ3n) is 2.12. The summed E-state index contributed by atoms with van der Waals surface area (Å²) in [4.78, 5) is 8.65. The van der Waals surface area contributed by atoms with Gasteiger partial charge in [0, 0.05) is 31.4 Å². The summed E-state index contributed by atoms with van der Waals surface area (Å²) in [5, 5.41) is 6.20. The van der Waals surface area contributed by atoms with Gasteiger partial charge in [-0.1, -0.05) is 0 Å². The van der Waals surface area contributed by atoms with Crippen LogP contribution in [0, 0.1) is 6.92 Å². The first-order chi connectivity index (χ1) is 5.81. The number of anilines is 1. The molecule has 0 radical (unpaired) electrons. The van der Waals surface area contributed by atoms with Crippen molar-refractivity contribution in [3.05, 3.63) is 17.0 Å². The molecular weight excluding hydrogens is 152 g/mol. The van der Waals surface area contributed by atoms with Gasteiger partial charge in [0.05, 0.1) is 5.69 Å². The SMILES string of the molecule is CNc1nc(C)c2c(n1)CNC2. The second-order valence-electron chi connectivity index (χ2n) is 2.91. The Labute approximate surface area is 71.4 Å². The Bertz CT molecular complexity index is 308. The van der Waals surface area contributed by atoms with Crippen molar-refractivity contribution in [1.29, 1.82) is 0 Å². The number of hydrogen-bond donors (Lipinski definition) is 2. The van der Waals surface area contributed by atoms with Crippen LogP contribution in [-0.4, -0.2) is 17.0 Å². The molecule has 0 saturated heterocycles. The van der Waals surface area contributed by atoms with Gasteiger partial charge in [-0.05, 0) is 6.92 Å². The van der Waals surface area contributed by atoms with Gasteiger partial charge in [-0.2, -0.15) is 0 Å². The molecule has 2 rings (SSSR count). The maximum absolute atomic E-state index is 4.35. The average Bonchev–Trinajstić information content (AvgIpc) is 2.52. The number of rotatable bonds is 1. The van der Waals surface area contributed by atoms with E-state index in [0.717, 1.165) is 30.4 Å². The molecule has 0 aliphatic carbocycles. The summed E-state index contributed by atoms with van der Waals surface area (Å²) in [7, 11) is 1.84. The topological polar surface area (TPSA) is 49.8 Å². The van der Waals surface area contributed by atoms with Crippen LogP contribution in [0.15, 0.2) is 0 Å². The molecule has 2 heterocycles. The number of fused-ring (bicyclic) bond motifs is 1. The maximum Gasteiger partial charge on any atom is 0.222 e. The van der Waals surface area contributed by atoms with Crippen LogP contribution in [0.25, 0.3) is 0 Å². The molecule has 0 amide bonds. The quantitative estimate of drug-likeness (QED) is 0.632. The van der Waals surface area contributed by atoms with Gasteiger partial charge in [0.15, 0.2) is 0 Å². The molecule has 0 atom stereocenters. The van der Waals surface area contributed by atoms with Crippen LogP contribution in [0.1, 0.15) is 17.0 Å². The van der Waals surface area contributed by atoms with Crippen molar-refractivity contribution in [2.75, 3.05) is 12.4 Å². The fraction of sp³-hybridized carbons (Fsp3) is 0.500. The summed E-state index contributed by atoms with van der Waals surface area (Å²) in [5.74, 6) is 0.718. The van der Waals surface area contributed by atoms with E-state index in [1.165, 1.54) is 5.56 Å². The van der Waals surface area contributed by atoms with Crippen molar-refractivity contribution in [3.8, 4) is 0 Å². The number of nitrogens with zero attached hydrogens (tertiary/aromatic N) is 2. The van der Waals surface area contributed by atoms with Crippen molar-refractivity contribution in [3.63, 3.8) is 0 Å². The van der Waals surface area contributed by atoms with Gasteiger partial charge < -0.3 is 10.6 Å². The summed E-state index contributed by atoms with van der Waals surface area (Å²) < 4.78 is 0. The van der Waals surface area contributed by atoms with Crippen molar-refractivity contribution in [2.24, 2.45) is 0 Å². The summed E-state index contributed by atoms with van der Waals surface area (Å²) in [5.41, 5.74) is 3.47. The number of hydrogen-bond acceptors (Lipinski definition) is 4. The largest absolute Gasteiger partial charge is 0.357 e. The lowest BCUT2D eigenvalue weighted by molar-refractivity contribution is 0.757. The predicted octanol–water partition coefficient (Wildman–Crippen LogP) is 0.430. The van der Waals surface area contributed by atoms with Gasteiger partial charge in [0.2, 0.25) is 5.95 Å². The fourth-order valence-corrected chi connectivity index (χ4v) is 1.45. The van der Waals surface area contributed by atoms with Crippen molar-refractivity contribution < 1.29 is 0 Å². The molecule has 0 unspecified atom stereocenters. The van der Waals surface area contributed by atoms with Crippen LogP contribution >= 0.6 is 0 Å². The van der Waals surface area contributed by atoms with Crippen LogP contribution < -0.4 is 10.6 Å². The van der Waals surface area contributed by atoms with Crippen molar-refractivity contribution in [1.82, 2.24) is 15.3 Å². The Hall–Kier alpha value is -1.16. The van der Waals surface area contributed by atoms with Crippen LogP contribution in [0.4, 0.5) is 5.95 Å². The molecule has 64 valence electrons. The van der Waals surface area contributed by atoms with Crippen LogP contribution in [0.2, 0.25) is 0 Å². The van der Waals surface area contributed by atoms with Crippen LogP contribution in [0.5, 0.6) is 0 Å². The van der Waals surface area contributed by atoms with E-state index in [0.29, 0.717) is 0 Å². The van der Waals surface area contributed by atoms with Gasteiger partial charge in [0.25, 0.3) is 0 Å². The highest BCUT2D eigenvalue weighted by molar-refractivity contribution is 5.35. The molecule has 0 fully saturated rings. The third-order valence-corrected chi connectivity index (χ3v) is 2.12. The van der Waals surface area contributed by atoms with Crippen molar-refractivity contribution >= 4 is 5.95 Å². The normalized spacial score (nSPS) is 14.5. The van der Waals surface area contributed by atoms with E-state index >= 15 is 0 Å². The zero-order chi connectivity index (χ0) is 8.55. The maximum atomic E-state index is 4.35. The molecule has 12 heavy (non-hydrogen) atoms. The van der Waals surface area contributed by atoms with Gasteiger partial charge in [-0.3, -0.25) is 0 Å². The van der Waals surface area contributed by atoms with Crippen LogP contribution in [0.3, 0.4) is 0 Å². The lowest BCUT2D eigenvalue weighted by Crippen LogP contribution is -2.02. The molecule has 0 saturated carbocycles. The monoisotopic (exact) mass is 164 g/mol. The number of aromatic nitrogens is 2. The number of aryl methyl sites for hydroxylation is 1. The molecule has 0 aromatic carbocycles. The lowest BCUT2D eigenvalue weighted by Gasteiger charge is -2.04. The highest BCUT2D eigenvalue weighted by atomic mass is 15.1. The molecule has 1 aromatic heterocycles.